The smallest absolute Gasteiger partial charge is 0.327 e. The Balaban J connectivity index is 3.04. The maximum atomic E-state index is 12.8. The summed E-state index contributed by atoms with van der Waals surface area (Å²) in [7, 11) is 0. The average molecular weight is 376 g/mol. The third-order valence-corrected chi connectivity index (χ3v) is 5.28. The summed E-state index contributed by atoms with van der Waals surface area (Å²) in [5.74, 6) is -4.12. The number of hydrogen-bond acceptors (Lipinski definition) is 7. The molecule has 5 atom stereocenters. The summed E-state index contributed by atoms with van der Waals surface area (Å²) in [4.78, 5) is 46.9. The quantitative estimate of drug-likeness (QED) is 0.368. The second kappa shape index (κ2) is 8.15. The number of thioether (sulfide) groups is 1. The molecule has 5 N–H and O–H groups in total. The number of aliphatic carboxylic acids is 1. The average Bonchev–Trinajstić information content (AvgIpc) is 2.74. The van der Waals surface area contributed by atoms with Crippen LogP contribution >= 0.6 is 11.8 Å². The molecule has 1 heterocycles. The minimum absolute atomic E-state index is 0.308. The second-order valence-corrected chi connectivity index (χ2v) is 7.46. The molecule has 0 aromatic heterocycles. The van der Waals surface area contributed by atoms with Crippen LogP contribution in [0.1, 0.15) is 27.7 Å². The first-order chi connectivity index (χ1) is 11.4. The molecule has 0 spiro atoms. The maximum Gasteiger partial charge on any atom is 0.327 e. The minimum atomic E-state index is -1.92. The van der Waals surface area contributed by atoms with Crippen LogP contribution in [0.3, 0.4) is 0 Å². The summed E-state index contributed by atoms with van der Waals surface area (Å²) in [6, 6.07) is -1.31. The van der Waals surface area contributed by atoms with Crippen molar-refractivity contribution >= 4 is 34.7 Å². The Kier molecular flexibility index (Phi) is 6.98. The minimum Gasteiger partial charge on any atom is -0.480 e. The van der Waals surface area contributed by atoms with Gasteiger partial charge in [-0.2, -0.15) is 0 Å². The van der Waals surface area contributed by atoms with Crippen LogP contribution in [0.15, 0.2) is 0 Å². The normalized spacial score (nSPS) is 28.4. The number of carbonyl (C=O) groups is 4. The van der Waals surface area contributed by atoms with Crippen LogP contribution in [0.4, 0.5) is 0 Å². The molecule has 1 aliphatic rings. The van der Waals surface area contributed by atoms with Gasteiger partial charge in [0, 0.05) is 12.7 Å². The molecule has 0 aromatic carbocycles. The molecule has 1 saturated heterocycles. The molecule has 0 aliphatic carbocycles. The molecule has 1 aliphatic heterocycles. The number of carboxylic acid groups (broad SMARTS) is 1. The molecule has 2 amide bonds. The molecule has 1 fully saturated rings. The number of hydrogen-bond donors (Lipinski definition) is 5. The zero-order valence-electron chi connectivity index (χ0n) is 14.5. The second-order valence-electron chi connectivity index (χ2n) is 6.47. The Bertz CT molecular complexity index is 568. The van der Waals surface area contributed by atoms with Crippen molar-refractivity contribution in [2.75, 3.05) is 5.75 Å². The van der Waals surface area contributed by atoms with E-state index in [9.17, 15) is 29.4 Å². The standard InChI is InChI=1S/C15H24N2O7S/c1-6(2)10(19)15(11(20)7(3)12(21)17-15)14(24)25-5-9(13(22)23)16-8(4)18/h6-7,9-11,19-20H,5H2,1-4H3,(H,16,18)(H,17,21)(H,22,23)/t7-,9+,10-,11+,15-/m1/s1. The predicted octanol–water partition coefficient (Wildman–Crippen LogP) is -1.28. The maximum absolute atomic E-state index is 12.8. The summed E-state index contributed by atoms with van der Waals surface area (Å²) in [6.45, 7) is 5.84. The number of rotatable bonds is 7. The van der Waals surface area contributed by atoms with Gasteiger partial charge < -0.3 is 26.0 Å². The van der Waals surface area contributed by atoms with Crippen LogP contribution in [0, 0.1) is 11.8 Å². The molecule has 25 heavy (non-hydrogen) atoms. The van der Waals surface area contributed by atoms with E-state index in [1.54, 1.807) is 13.8 Å². The number of carboxylic acids is 1. The van der Waals surface area contributed by atoms with Crippen LogP contribution in [0.2, 0.25) is 0 Å². The van der Waals surface area contributed by atoms with Crippen LogP contribution in [-0.4, -0.2) is 67.8 Å². The third-order valence-electron chi connectivity index (χ3n) is 4.18. The zero-order valence-corrected chi connectivity index (χ0v) is 15.3. The molecule has 9 nitrogen and oxygen atoms in total. The van der Waals surface area contributed by atoms with Crippen molar-refractivity contribution in [3.8, 4) is 0 Å². The van der Waals surface area contributed by atoms with Gasteiger partial charge in [-0.05, 0) is 5.92 Å². The van der Waals surface area contributed by atoms with E-state index in [-0.39, 0.29) is 5.75 Å². The van der Waals surface area contributed by atoms with E-state index in [0.29, 0.717) is 11.8 Å². The van der Waals surface area contributed by atoms with Gasteiger partial charge >= 0.3 is 5.97 Å². The first-order valence-corrected chi connectivity index (χ1v) is 8.79. The van der Waals surface area contributed by atoms with Crippen LogP contribution < -0.4 is 10.6 Å². The zero-order chi connectivity index (χ0) is 19.5. The lowest BCUT2D eigenvalue weighted by atomic mass is 9.81. The Morgan fingerprint density at radius 3 is 2.28 bits per heavy atom. The van der Waals surface area contributed by atoms with Crippen LogP contribution in [-0.2, 0) is 19.2 Å². The highest BCUT2D eigenvalue weighted by atomic mass is 32.2. The number of aliphatic hydroxyl groups excluding tert-OH is 2. The van der Waals surface area contributed by atoms with Gasteiger partial charge in [-0.1, -0.05) is 32.5 Å². The van der Waals surface area contributed by atoms with Crippen molar-refractivity contribution in [3.05, 3.63) is 0 Å². The third kappa shape index (κ3) is 4.31. The van der Waals surface area contributed by atoms with E-state index in [1.165, 1.54) is 6.92 Å². The summed E-state index contributed by atoms with van der Waals surface area (Å²) in [6.07, 6.45) is -2.82. The van der Waals surface area contributed by atoms with Crippen molar-refractivity contribution in [1.82, 2.24) is 10.6 Å². The Labute approximate surface area is 149 Å². The van der Waals surface area contributed by atoms with E-state index in [0.717, 1.165) is 6.92 Å². The van der Waals surface area contributed by atoms with Crippen molar-refractivity contribution < 1.29 is 34.5 Å². The number of nitrogens with one attached hydrogen (secondary N) is 2. The fourth-order valence-corrected chi connectivity index (χ4v) is 3.77. The lowest BCUT2D eigenvalue weighted by Gasteiger charge is -2.37. The van der Waals surface area contributed by atoms with E-state index in [2.05, 4.69) is 10.6 Å². The molecule has 0 radical (unpaired) electrons. The highest BCUT2D eigenvalue weighted by Crippen LogP contribution is 2.36. The summed E-state index contributed by atoms with van der Waals surface area (Å²) in [5, 5.41) is 33.8. The van der Waals surface area contributed by atoms with Gasteiger partial charge in [0.05, 0.1) is 18.1 Å². The van der Waals surface area contributed by atoms with Gasteiger partial charge in [0.2, 0.25) is 16.9 Å². The molecule has 0 unspecified atom stereocenters. The topological polar surface area (TPSA) is 153 Å². The van der Waals surface area contributed by atoms with E-state index >= 15 is 0 Å². The molecular weight excluding hydrogens is 352 g/mol. The molecule has 1 rings (SSSR count). The van der Waals surface area contributed by atoms with Crippen molar-refractivity contribution in [3.63, 3.8) is 0 Å². The molecule has 0 aromatic rings. The highest BCUT2D eigenvalue weighted by molar-refractivity contribution is 8.13. The van der Waals surface area contributed by atoms with E-state index < -0.39 is 58.5 Å². The highest BCUT2D eigenvalue weighted by Gasteiger charge is 2.60. The van der Waals surface area contributed by atoms with Gasteiger partial charge in [-0.15, -0.1) is 0 Å². The van der Waals surface area contributed by atoms with Crippen LogP contribution in [0.5, 0.6) is 0 Å². The molecular formula is C15H24N2O7S. The van der Waals surface area contributed by atoms with Gasteiger partial charge in [0.1, 0.15) is 6.04 Å². The van der Waals surface area contributed by atoms with E-state index in [4.69, 9.17) is 5.11 Å². The van der Waals surface area contributed by atoms with Gasteiger partial charge in [-0.3, -0.25) is 14.4 Å². The fraction of sp³-hybridized carbons (Fsp3) is 0.733. The summed E-state index contributed by atoms with van der Waals surface area (Å²) < 4.78 is 0. The first-order valence-electron chi connectivity index (χ1n) is 7.80. The number of carbonyl (C=O) groups excluding carboxylic acids is 3. The first kappa shape index (κ1) is 21.4. The molecule has 10 heteroatoms. The predicted molar refractivity (Wildman–Crippen MR) is 89.6 cm³/mol. The Morgan fingerprint density at radius 1 is 1.36 bits per heavy atom. The molecule has 142 valence electrons. The van der Waals surface area contributed by atoms with Gasteiger partial charge in [0.15, 0.2) is 5.54 Å². The SMILES string of the molecule is CC(=O)N[C@@H](CSC(=O)[C@]1([C@H](O)C(C)C)NC(=O)[C@H](C)[C@@H]1O)C(=O)O. The number of amides is 2. The molecule has 0 bridgehead atoms. The Hall–Kier alpha value is -1.65. The van der Waals surface area contributed by atoms with Crippen LogP contribution in [0.25, 0.3) is 0 Å². The van der Waals surface area contributed by atoms with Gasteiger partial charge in [0.25, 0.3) is 0 Å². The monoisotopic (exact) mass is 376 g/mol. The Morgan fingerprint density at radius 2 is 1.92 bits per heavy atom. The molecule has 0 saturated carbocycles. The van der Waals surface area contributed by atoms with Crippen molar-refractivity contribution in [2.24, 2.45) is 11.8 Å². The largest absolute Gasteiger partial charge is 0.480 e. The summed E-state index contributed by atoms with van der Waals surface area (Å²) >= 11 is 0.535. The van der Waals surface area contributed by atoms with Crippen molar-refractivity contribution in [1.29, 1.82) is 0 Å². The fourth-order valence-electron chi connectivity index (χ4n) is 2.70. The van der Waals surface area contributed by atoms with E-state index in [1.807, 2.05) is 0 Å². The van der Waals surface area contributed by atoms with Crippen molar-refractivity contribution in [2.45, 2.75) is 51.5 Å². The lowest BCUT2D eigenvalue weighted by Crippen LogP contribution is -2.64. The number of aliphatic hydroxyl groups is 2. The van der Waals surface area contributed by atoms with Gasteiger partial charge in [-0.25, -0.2) is 4.79 Å². The lowest BCUT2D eigenvalue weighted by molar-refractivity contribution is -0.140. The summed E-state index contributed by atoms with van der Waals surface area (Å²) in [5.41, 5.74) is -1.92.